The number of benzene rings is 1. The largest absolute Gasteiger partial charge is 0.462 e. The number of anilines is 1. The molecule has 0 fully saturated rings. The van der Waals surface area contributed by atoms with Crippen molar-refractivity contribution in [3.05, 3.63) is 53.5 Å². The van der Waals surface area contributed by atoms with Crippen LogP contribution < -0.4 is 5.32 Å². The molecule has 0 aliphatic carbocycles. The summed E-state index contributed by atoms with van der Waals surface area (Å²) < 4.78 is 5.33. The van der Waals surface area contributed by atoms with E-state index in [1.165, 1.54) is 0 Å². The molecule has 2 N–H and O–H groups in total. The lowest BCUT2D eigenvalue weighted by Crippen LogP contribution is -1.97. The van der Waals surface area contributed by atoms with Crippen LogP contribution in [-0.2, 0) is 13.2 Å². The van der Waals surface area contributed by atoms with Gasteiger partial charge in [-0.05, 0) is 36.4 Å². The number of hydrogen-bond acceptors (Lipinski definition) is 4. The molecular formula is C13H12N2O2. The van der Waals surface area contributed by atoms with E-state index in [1.54, 1.807) is 18.2 Å². The summed E-state index contributed by atoms with van der Waals surface area (Å²) in [6.07, 6.45) is 0. The van der Waals surface area contributed by atoms with Crippen molar-refractivity contribution in [3.63, 3.8) is 0 Å². The van der Waals surface area contributed by atoms with Crippen molar-refractivity contribution < 1.29 is 9.52 Å². The SMILES string of the molecule is N#Cc1ccc(NCc2ccc(CO)o2)cc1. The number of hydrogen-bond donors (Lipinski definition) is 2. The summed E-state index contributed by atoms with van der Waals surface area (Å²) >= 11 is 0. The van der Waals surface area contributed by atoms with E-state index in [4.69, 9.17) is 14.8 Å². The molecule has 1 aromatic carbocycles. The number of aliphatic hydroxyl groups is 1. The van der Waals surface area contributed by atoms with Crippen molar-refractivity contribution in [1.82, 2.24) is 0 Å². The molecular weight excluding hydrogens is 216 g/mol. The van der Waals surface area contributed by atoms with Gasteiger partial charge in [-0.25, -0.2) is 0 Å². The second-order valence-electron chi connectivity index (χ2n) is 3.57. The highest BCUT2D eigenvalue weighted by Crippen LogP contribution is 2.12. The topological polar surface area (TPSA) is 69.2 Å². The fourth-order valence-electron chi connectivity index (χ4n) is 1.45. The zero-order valence-corrected chi connectivity index (χ0v) is 9.18. The molecule has 1 aromatic heterocycles. The molecule has 4 nitrogen and oxygen atoms in total. The third kappa shape index (κ3) is 2.86. The molecule has 0 unspecified atom stereocenters. The Morgan fingerprint density at radius 1 is 1.12 bits per heavy atom. The van der Waals surface area contributed by atoms with E-state index < -0.39 is 0 Å². The lowest BCUT2D eigenvalue weighted by molar-refractivity contribution is 0.244. The first-order valence-corrected chi connectivity index (χ1v) is 5.24. The minimum Gasteiger partial charge on any atom is -0.462 e. The van der Waals surface area contributed by atoms with Crippen LogP contribution >= 0.6 is 0 Å². The Bertz CT molecular complexity index is 523. The predicted molar refractivity (Wildman–Crippen MR) is 63.1 cm³/mol. The highest BCUT2D eigenvalue weighted by Gasteiger charge is 2.00. The van der Waals surface area contributed by atoms with Gasteiger partial charge in [0.25, 0.3) is 0 Å². The number of nitrogens with one attached hydrogen (secondary N) is 1. The fourth-order valence-corrected chi connectivity index (χ4v) is 1.45. The van der Waals surface area contributed by atoms with E-state index in [9.17, 15) is 0 Å². The Kier molecular flexibility index (Phi) is 3.43. The van der Waals surface area contributed by atoms with E-state index in [0.717, 1.165) is 11.4 Å². The van der Waals surface area contributed by atoms with Gasteiger partial charge in [-0.2, -0.15) is 5.26 Å². The maximum absolute atomic E-state index is 8.85. The van der Waals surface area contributed by atoms with E-state index >= 15 is 0 Å². The van der Waals surface area contributed by atoms with Crippen LogP contribution in [0.1, 0.15) is 17.1 Å². The monoisotopic (exact) mass is 228 g/mol. The van der Waals surface area contributed by atoms with Crippen molar-refractivity contribution in [2.24, 2.45) is 0 Å². The first-order chi connectivity index (χ1) is 8.31. The molecule has 86 valence electrons. The zero-order chi connectivity index (χ0) is 12.1. The molecule has 0 atom stereocenters. The number of aliphatic hydroxyl groups excluding tert-OH is 1. The Balaban J connectivity index is 1.95. The van der Waals surface area contributed by atoms with E-state index in [2.05, 4.69) is 11.4 Å². The van der Waals surface area contributed by atoms with Crippen LogP contribution in [0, 0.1) is 11.3 Å². The molecule has 4 heteroatoms. The molecule has 0 saturated heterocycles. The van der Waals surface area contributed by atoms with E-state index in [1.807, 2.05) is 18.2 Å². The van der Waals surface area contributed by atoms with Gasteiger partial charge in [0.1, 0.15) is 18.1 Å². The fraction of sp³-hybridized carbons (Fsp3) is 0.154. The Hall–Kier alpha value is -2.25. The van der Waals surface area contributed by atoms with Crippen LogP contribution in [0.5, 0.6) is 0 Å². The molecule has 0 saturated carbocycles. The van der Waals surface area contributed by atoms with Crippen LogP contribution in [0.3, 0.4) is 0 Å². The summed E-state index contributed by atoms with van der Waals surface area (Å²) in [5.41, 5.74) is 1.56. The quantitative estimate of drug-likeness (QED) is 0.842. The normalized spacial score (nSPS) is 9.88. The number of nitrogens with zero attached hydrogens (tertiary/aromatic N) is 1. The summed E-state index contributed by atoms with van der Waals surface area (Å²) in [6.45, 7) is 0.461. The first kappa shape index (κ1) is 11.2. The van der Waals surface area contributed by atoms with Crippen LogP contribution in [0.4, 0.5) is 5.69 Å². The Morgan fingerprint density at radius 3 is 2.41 bits per heavy atom. The molecule has 0 bridgehead atoms. The van der Waals surface area contributed by atoms with Crippen molar-refractivity contribution >= 4 is 5.69 Å². The average Bonchev–Trinajstić information content (AvgIpc) is 2.85. The summed E-state index contributed by atoms with van der Waals surface area (Å²) in [7, 11) is 0. The number of rotatable bonds is 4. The standard InChI is InChI=1S/C13H12N2O2/c14-7-10-1-3-11(4-2-10)15-8-12-5-6-13(9-16)17-12/h1-6,15-16H,8-9H2. The second-order valence-corrected chi connectivity index (χ2v) is 3.57. The van der Waals surface area contributed by atoms with Gasteiger partial charge in [-0.3, -0.25) is 0 Å². The van der Waals surface area contributed by atoms with Crippen molar-refractivity contribution in [3.8, 4) is 6.07 Å². The van der Waals surface area contributed by atoms with Gasteiger partial charge in [0.15, 0.2) is 0 Å². The highest BCUT2D eigenvalue weighted by atomic mass is 16.4. The van der Waals surface area contributed by atoms with Gasteiger partial charge in [0, 0.05) is 5.69 Å². The van der Waals surface area contributed by atoms with Gasteiger partial charge in [0.05, 0.1) is 18.2 Å². The third-order valence-electron chi connectivity index (χ3n) is 2.35. The summed E-state index contributed by atoms with van der Waals surface area (Å²) in [4.78, 5) is 0. The Morgan fingerprint density at radius 2 is 1.82 bits per heavy atom. The van der Waals surface area contributed by atoms with Gasteiger partial charge in [0.2, 0.25) is 0 Å². The molecule has 0 aliphatic heterocycles. The maximum atomic E-state index is 8.85. The molecule has 0 spiro atoms. The van der Waals surface area contributed by atoms with Crippen LogP contribution in [0.2, 0.25) is 0 Å². The lowest BCUT2D eigenvalue weighted by atomic mass is 10.2. The molecule has 0 amide bonds. The van der Waals surface area contributed by atoms with Crippen LogP contribution in [-0.4, -0.2) is 5.11 Å². The highest BCUT2D eigenvalue weighted by molar-refractivity contribution is 5.47. The van der Waals surface area contributed by atoms with E-state index in [-0.39, 0.29) is 6.61 Å². The molecule has 17 heavy (non-hydrogen) atoms. The van der Waals surface area contributed by atoms with Gasteiger partial charge in [-0.15, -0.1) is 0 Å². The number of nitriles is 1. The smallest absolute Gasteiger partial charge is 0.129 e. The lowest BCUT2D eigenvalue weighted by Gasteiger charge is -2.03. The molecule has 2 rings (SSSR count). The minimum atomic E-state index is -0.0864. The minimum absolute atomic E-state index is 0.0864. The first-order valence-electron chi connectivity index (χ1n) is 5.24. The molecule has 0 aliphatic rings. The summed E-state index contributed by atoms with van der Waals surface area (Å²) in [5.74, 6) is 1.32. The number of furan rings is 1. The Labute approximate surface area is 99.1 Å². The molecule has 1 heterocycles. The van der Waals surface area contributed by atoms with Crippen LogP contribution in [0.25, 0.3) is 0 Å². The average molecular weight is 228 g/mol. The van der Waals surface area contributed by atoms with Crippen molar-refractivity contribution in [1.29, 1.82) is 5.26 Å². The van der Waals surface area contributed by atoms with Crippen molar-refractivity contribution in [2.75, 3.05) is 5.32 Å². The zero-order valence-electron chi connectivity index (χ0n) is 9.18. The van der Waals surface area contributed by atoms with E-state index in [0.29, 0.717) is 17.9 Å². The van der Waals surface area contributed by atoms with Gasteiger partial charge in [-0.1, -0.05) is 0 Å². The summed E-state index contributed by atoms with van der Waals surface area (Å²) in [6, 6.07) is 12.8. The molecule has 0 radical (unpaired) electrons. The predicted octanol–water partition coefficient (Wildman–Crippen LogP) is 2.26. The second kappa shape index (κ2) is 5.19. The third-order valence-corrected chi connectivity index (χ3v) is 2.35. The van der Waals surface area contributed by atoms with Gasteiger partial charge < -0.3 is 14.8 Å². The summed E-state index contributed by atoms with van der Waals surface area (Å²) in [5, 5.41) is 20.7. The van der Waals surface area contributed by atoms with Crippen LogP contribution in [0.15, 0.2) is 40.8 Å². The van der Waals surface area contributed by atoms with Gasteiger partial charge >= 0.3 is 0 Å². The van der Waals surface area contributed by atoms with Crippen molar-refractivity contribution in [2.45, 2.75) is 13.2 Å². The molecule has 2 aromatic rings. The maximum Gasteiger partial charge on any atom is 0.129 e.